The molecule has 1 aliphatic heterocycles. The minimum atomic E-state index is -0.233. The van der Waals surface area contributed by atoms with Gasteiger partial charge >= 0.3 is 0 Å². The van der Waals surface area contributed by atoms with E-state index in [1.165, 1.54) is 0 Å². The number of anilines is 1. The predicted molar refractivity (Wildman–Crippen MR) is 99.8 cm³/mol. The van der Waals surface area contributed by atoms with Gasteiger partial charge < -0.3 is 15.4 Å². The van der Waals surface area contributed by atoms with E-state index in [1.807, 2.05) is 19.1 Å². The molecule has 2 atom stereocenters. The second-order valence-corrected chi connectivity index (χ2v) is 7.12. The monoisotopic (exact) mass is 350 g/mol. The van der Waals surface area contributed by atoms with Crippen LogP contribution in [-0.4, -0.2) is 24.0 Å². The fraction of sp³-hybridized carbons (Fsp3) is 0.333. The van der Waals surface area contributed by atoms with Crippen LogP contribution in [0.25, 0.3) is 0 Å². The highest BCUT2D eigenvalue weighted by atomic mass is 16.5. The Morgan fingerprint density at radius 3 is 2.58 bits per heavy atom. The fourth-order valence-electron chi connectivity index (χ4n) is 3.20. The molecule has 1 aliphatic carbocycles. The maximum atomic E-state index is 12.8. The number of para-hydroxylation sites is 1. The molecule has 2 aliphatic rings. The first kappa shape index (κ1) is 16.6. The van der Waals surface area contributed by atoms with Gasteiger partial charge in [0.2, 0.25) is 0 Å². The molecular weight excluding hydrogens is 328 g/mol. The molecule has 2 aromatic carbocycles. The average molecular weight is 350 g/mol. The molecule has 2 aromatic rings. The Balaban J connectivity index is 1.53. The van der Waals surface area contributed by atoms with Crippen molar-refractivity contribution in [1.29, 1.82) is 0 Å². The zero-order chi connectivity index (χ0) is 18.3. The van der Waals surface area contributed by atoms with E-state index in [1.54, 1.807) is 30.3 Å². The zero-order valence-electron chi connectivity index (χ0n) is 14.9. The van der Waals surface area contributed by atoms with E-state index in [0.717, 1.165) is 18.4 Å². The third-order valence-corrected chi connectivity index (χ3v) is 5.08. The van der Waals surface area contributed by atoms with Crippen molar-refractivity contribution in [2.45, 2.75) is 44.8 Å². The van der Waals surface area contributed by atoms with Crippen LogP contribution in [0.2, 0.25) is 0 Å². The van der Waals surface area contributed by atoms with Crippen LogP contribution in [0.15, 0.2) is 42.5 Å². The molecule has 0 unspecified atom stereocenters. The topological polar surface area (TPSA) is 67.4 Å². The van der Waals surface area contributed by atoms with E-state index < -0.39 is 0 Å². The normalized spacial score (nSPS) is 20.8. The highest BCUT2D eigenvalue weighted by Crippen LogP contribution is 2.40. The Morgan fingerprint density at radius 1 is 1.04 bits per heavy atom. The van der Waals surface area contributed by atoms with Crippen molar-refractivity contribution >= 4 is 17.5 Å². The Labute approximate surface area is 152 Å². The van der Waals surface area contributed by atoms with E-state index in [0.29, 0.717) is 28.6 Å². The van der Waals surface area contributed by atoms with Crippen molar-refractivity contribution in [2.75, 3.05) is 5.32 Å². The zero-order valence-corrected chi connectivity index (χ0v) is 14.9. The maximum Gasteiger partial charge on any atom is 0.259 e. The lowest BCUT2D eigenvalue weighted by atomic mass is 9.97. The number of ether oxygens (including phenoxy) is 1. The SMILES string of the molecule is C[C@@H]1Oc2c(C(=O)Nc3cccc(C(=O)NC4CC4)c3)cccc2[C@@H]1C. The maximum absolute atomic E-state index is 12.8. The van der Waals surface area contributed by atoms with Crippen LogP contribution in [0.1, 0.15) is 58.9 Å². The van der Waals surface area contributed by atoms with Gasteiger partial charge in [-0.15, -0.1) is 0 Å². The second-order valence-electron chi connectivity index (χ2n) is 7.12. The predicted octanol–water partition coefficient (Wildman–Crippen LogP) is 3.72. The van der Waals surface area contributed by atoms with Crippen LogP contribution >= 0.6 is 0 Å². The van der Waals surface area contributed by atoms with Gasteiger partial charge in [-0.2, -0.15) is 0 Å². The summed E-state index contributed by atoms with van der Waals surface area (Å²) in [5, 5.41) is 5.84. The van der Waals surface area contributed by atoms with Gasteiger partial charge in [-0.3, -0.25) is 9.59 Å². The first-order chi connectivity index (χ1) is 12.5. The molecule has 0 radical (unpaired) electrons. The van der Waals surface area contributed by atoms with Crippen LogP contribution < -0.4 is 15.4 Å². The number of hydrogen-bond donors (Lipinski definition) is 2. The molecule has 0 saturated heterocycles. The molecule has 4 rings (SSSR count). The first-order valence-electron chi connectivity index (χ1n) is 9.05. The van der Waals surface area contributed by atoms with E-state index in [-0.39, 0.29) is 23.8 Å². The second kappa shape index (κ2) is 6.48. The van der Waals surface area contributed by atoms with Crippen LogP contribution in [0, 0.1) is 0 Å². The molecule has 0 spiro atoms. The third-order valence-electron chi connectivity index (χ3n) is 5.08. The summed E-state index contributed by atoms with van der Waals surface area (Å²) in [5.74, 6) is 0.581. The molecule has 2 N–H and O–H groups in total. The standard InChI is InChI=1S/C21H22N2O3/c1-12-13(2)26-19-17(12)7-4-8-18(19)21(25)23-16-6-3-5-14(11-16)20(24)22-15-9-10-15/h3-8,11-13,15H,9-10H2,1-2H3,(H,22,24)(H,23,25)/t12-,13+/m1/s1. The van der Waals surface area contributed by atoms with Gasteiger partial charge in [0.25, 0.3) is 11.8 Å². The Morgan fingerprint density at radius 2 is 1.81 bits per heavy atom. The van der Waals surface area contributed by atoms with Gasteiger partial charge in [-0.1, -0.05) is 25.1 Å². The van der Waals surface area contributed by atoms with Crippen LogP contribution in [0.4, 0.5) is 5.69 Å². The van der Waals surface area contributed by atoms with Crippen LogP contribution in [0.3, 0.4) is 0 Å². The molecule has 134 valence electrons. The largest absolute Gasteiger partial charge is 0.489 e. The number of nitrogens with one attached hydrogen (secondary N) is 2. The van der Waals surface area contributed by atoms with E-state index in [4.69, 9.17) is 4.74 Å². The van der Waals surface area contributed by atoms with Crippen molar-refractivity contribution < 1.29 is 14.3 Å². The molecule has 1 saturated carbocycles. The summed E-state index contributed by atoms with van der Waals surface area (Å²) in [6, 6.07) is 12.9. The molecule has 1 fully saturated rings. The smallest absolute Gasteiger partial charge is 0.259 e. The summed E-state index contributed by atoms with van der Waals surface area (Å²) in [6.07, 6.45) is 2.13. The number of hydrogen-bond acceptors (Lipinski definition) is 3. The molecule has 5 nitrogen and oxygen atoms in total. The highest BCUT2D eigenvalue weighted by molar-refractivity contribution is 6.07. The minimum absolute atomic E-state index is 0.0494. The summed E-state index contributed by atoms with van der Waals surface area (Å²) in [4.78, 5) is 24.9. The van der Waals surface area contributed by atoms with Crippen molar-refractivity contribution in [3.05, 3.63) is 59.2 Å². The number of rotatable bonds is 4. The van der Waals surface area contributed by atoms with Gasteiger partial charge in [0.15, 0.2) is 0 Å². The lowest BCUT2D eigenvalue weighted by Gasteiger charge is -2.11. The molecule has 2 amide bonds. The molecule has 1 heterocycles. The van der Waals surface area contributed by atoms with Gasteiger partial charge in [-0.05, 0) is 44.0 Å². The van der Waals surface area contributed by atoms with E-state index in [2.05, 4.69) is 17.6 Å². The number of carbonyl (C=O) groups excluding carboxylic acids is 2. The fourth-order valence-corrected chi connectivity index (χ4v) is 3.20. The van der Waals surface area contributed by atoms with Gasteiger partial charge in [0, 0.05) is 28.8 Å². The summed E-state index contributed by atoms with van der Waals surface area (Å²) < 4.78 is 5.90. The lowest BCUT2D eigenvalue weighted by molar-refractivity contribution is 0.0949. The molecule has 26 heavy (non-hydrogen) atoms. The number of carbonyl (C=O) groups is 2. The molecule has 0 bridgehead atoms. The van der Waals surface area contributed by atoms with Crippen molar-refractivity contribution in [1.82, 2.24) is 5.32 Å². The lowest BCUT2D eigenvalue weighted by Crippen LogP contribution is -2.25. The molecule has 5 heteroatoms. The Hall–Kier alpha value is -2.82. The van der Waals surface area contributed by atoms with Crippen molar-refractivity contribution in [3.63, 3.8) is 0 Å². The van der Waals surface area contributed by atoms with Gasteiger partial charge in [-0.25, -0.2) is 0 Å². The summed E-state index contributed by atoms with van der Waals surface area (Å²) in [6.45, 7) is 4.11. The quantitative estimate of drug-likeness (QED) is 0.883. The molecular formula is C21H22N2O3. The van der Waals surface area contributed by atoms with E-state index >= 15 is 0 Å². The van der Waals surface area contributed by atoms with Gasteiger partial charge in [0.05, 0.1) is 5.56 Å². The van der Waals surface area contributed by atoms with Gasteiger partial charge in [0.1, 0.15) is 11.9 Å². The summed E-state index contributed by atoms with van der Waals surface area (Å²) in [7, 11) is 0. The number of benzene rings is 2. The van der Waals surface area contributed by atoms with Crippen LogP contribution in [0.5, 0.6) is 5.75 Å². The summed E-state index contributed by atoms with van der Waals surface area (Å²) in [5.41, 5.74) is 2.72. The number of amides is 2. The first-order valence-corrected chi connectivity index (χ1v) is 9.05. The average Bonchev–Trinajstić information content (AvgIpc) is 3.40. The summed E-state index contributed by atoms with van der Waals surface area (Å²) >= 11 is 0. The highest BCUT2D eigenvalue weighted by Gasteiger charge is 2.31. The Kier molecular flexibility index (Phi) is 4.15. The minimum Gasteiger partial charge on any atom is -0.489 e. The Bertz CT molecular complexity index is 873. The van der Waals surface area contributed by atoms with E-state index in [9.17, 15) is 9.59 Å². The third kappa shape index (κ3) is 3.17. The van der Waals surface area contributed by atoms with Crippen molar-refractivity contribution in [2.24, 2.45) is 0 Å². The van der Waals surface area contributed by atoms with Crippen LogP contribution in [-0.2, 0) is 0 Å². The number of fused-ring (bicyclic) bond motifs is 1. The van der Waals surface area contributed by atoms with Crippen molar-refractivity contribution in [3.8, 4) is 5.75 Å². The molecule has 0 aromatic heterocycles.